The van der Waals surface area contributed by atoms with E-state index >= 15 is 0 Å². The minimum Gasteiger partial charge on any atom is -0.338 e. The number of halogens is 1. The summed E-state index contributed by atoms with van der Waals surface area (Å²) in [5, 5.41) is 2.27. The van der Waals surface area contributed by atoms with Crippen molar-refractivity contribution in [2.24, 2.45) is 5.92 Å². The third kappa shape index (κ3) is 5.06. The lowest BCUT2D eigenvalue weighted by molar-refractivity contribution is -0.131. The fourth-order valence-electron chi connectivity index (χ4n) is 4.72. The summed E-state index contributed by atoms with van der Waals surface area (Å²) in [7, 11) is -3.79. The van der Waals surface area contributed by atoms with Crippen LogP contribution in [0.2, 0.25) is 5.02 Å². The monoisotopic (exact) mass is 463 g/mol. The van der Waals surface area contributed by atoms with E-state index < -0.39 is 16.1 Å². The molecule has 2 aliphatic heterocycles. The number of nitrogens with one attached hydrogen (secondary N) is 1. The molecule has 2 aromatic carbocycles. The van der Waals surface area contributed by atoms with Crippen molar-refractivity contribution in [2.45, 2.75) is 50.1 Å². The average Bonchev–Trinajstić information content (AvgIpc) is 3.07. The van der Waals surface area contributed by atoms with Crippen LogP contribution in [-0.4, -0.2) is 62.4 Å². The zero-order chi connectivity index (χ0) is 22.2. The number of amides is 1. The molecule has 1 N–H and O–H groups in total. The van der Waals surface area contributed by atoms with Crippen LogP contribution >= 0.6 is 11.6 Å². The van der Waals surface area contributed by atoms with Crippen LogP contribution in [0.4, 0.5) is 0 Å². The molecule has 2 aromatic rings. The summed E-state index contributed by atoms with van der Waals surface area (Å²) in [6.45, 7) is 8.11. The lowest BCUT2D eigenvalue weighted by Crippen LogP contribution is -2.49. The smallest absolute Gasteiger partial charge is 0.241 e. The van der Waals surface area contributed by atoms with Crippen LogP contribution in [0.1, 0.15) is 33.1 Å². The van der Waals surface area contributed by atoms with E-state index in [2.05, 4.69) is 23.5 Å². The quantitative estimate of drug-likeness (QED) is 0.711. The highest BCUT2D eigenvalue weighted by Gasteiger charge is 2.39. The van der Waals surface area contributed by atoms with Crippen LogP contribution in [0.25, 0.3) is 10.8 Å². The number of rotatable bonds is 6. The highest BCUT2D eigenvalue weighted by atomic mass is 35.5. The second-order valence-corrected chi connectivity index (χ2v) is 11.2. The fourth-order valence-corrected chi connectivity index (χ4v) is 6.16. The van der Waals surface area contributed by atoms with E-state index in [1.165, 1.54) is 0 Å². The topological polar surface area (TPSA) is 69.7 Å². The number of benzene rings is 2. The van der Waals surface area contributed by atoms with Gasteiger partial charge < -0.3 is 9.80 Å². The molecule has 0 spiro atoms. The fraction of sp³-hybridized carbons (Fsp3) is 0.522. The van der Waals surface area contributed by atoms with Crippen LogP contribution in [0.15, 0.2) is 41.3 Å². The number of carbonyl (C=O) groups excluding carboxylic acids is 1. The van der Waals surface area contributed by atoms with Gasteiger partial charge in [-0.05, 0) is 60.2 Å². The highest BCUT2D eigenvalue weighted by molar-refractivity contribution is 7.89. The SMILES string of the molecule is CC(C)CN1CCC(N2CC[C@H](NS(=O)(=O)c3ccc4cc(Cl)ccc4c3)C2=O)CC1. The van der Waals surface area contributed by atoms with E-state index in [0.717, 1.165) is 43.2 Å². The summed E-state index contributed by atoms with van der Waals surface area (Å²) in [5.74, 6) is 0.536. The number of fused-ring (bicyclic) bond motifs is 1. The van der Waals surface area contributed by atoms with Crippen LogP contribution < -0.4 is 4.72 Å². The van der Waals surface area contributed by atoms with Crippen LogP contribution in [0, 0.1) is 5.92 Å². The molecule has 2 saturated heterocycles. The molecular weight excluding hydrogens is 434 g/mol. The van der Waals surface area contributed by atoms with Crippen LogP contribution in [0.3, 0.4) is 0 Å². The lowest BCUT2D eigenvalue weighted by atomic mass is 10.0. The predicted octanol–water partition coefficient (Wildman–Crippen LogP) is 3.49. The number of piperidine rings is 1. The van der Waals surface area contributed by atoms with Crippen molar-refractivity contribution < 1.29 is 13.2 Å². The highest BCUT2D eigenvalue weighted by Crippen LogP contribution is 2.26. The first-order valence-corrected chi connectivity index (χ1v) is 12.8. The second kappa shape index (κ2) is 9.06. The predicted molar refractivity (Wildman–Crippen MR) is 124 cm³/mol. The Morgan fingerprint density at radius 2 is 1.71 bits per heavy atom. The normalized spacial score (nSPS) is 21.5. The second-order valence-electron chi connectivity index (χ2n) is 9.07. The maximum atomic E-state index is 13.0. The van der Waals surface area contributed by atoms with Crippen molar-refractivity contribution in [2.75, 3.05) is 26.2 Å². The summed E-state index contributed by atoms with van der Waals surface area (Å²) in [5.41, 5.74) is 0. The first-order chi connectivity index (χ1) is 14.7. The first kappa shape index (κ1) is 22.5. The molecule has 0 aliphatic carbocycles. The van der Waals surface area contributed by atoms with Crippen LogP contribution in [0.5, 0.6) is 0 Å². The molecule has 31 heavy (non-hydrogen) atoms. The molecule has 4 rings (SSSR count). The van der Waals surface area contributed by atoms with Crippen molar-refractivity contribution in [3.05, 3.63) is 41.4 Å². The number of likely N-dealkylation sites (tertiary alicyclic amines) is 2. The maximum Gasteiger partial charge on any atom is 0.241 e. The number of sulfonamides is 1. The van der Waals surface area contributed by atoms with Crippen molar-refractivity contribution in [3.63, 3.8) is 0 Å². The summed E-state index contributed by atoms with van der Waals surface area (Å²) < 4.78 is 28.6. The lowest BCUT2D eigenvalue weighted by Gasteiger charge is -2.37. The molecule has 0 bridgehead atoms. The van der Waals surface area contributed by atoms with Gasteiger partial charge >= 0.3 is 0 Å². The van der Waals surface area contributed by atoms with Gasteiger partial charge in [-0.3, -0.25) is 4.79 Å². The average molecular weight is 464 g/mol. The first-order valence-electron chi connectivity index (χ1n) is 11.0. The molecule has 0 radical (unpaired) electrons. The standard InChI is InChI=1S/C23H30ClN3O3S/c1-16(2)15-26-10-7-20(8-11-26)27-12-9-22(23(27)28)25-31(29,30)21-6-4-17-13-19(24)5-3-18(17)14-21/h3-6,13-14,16,20,22,25H,7-12,15H2,1-2H3/t22-/m0/s1. The van der Waals surface area contributed by atoms with E-state index in [-0.39, 0.29) is 16.8 Å². The van der Waals surface area contributed by atoms with E-state index in [4.69, 9.17) is 11.6 Å². The molecule has 0 saturated carbocycles. The van der Waals surface area contributed by atoms with Gasteiger partial charge in [0.25, 0.3) is 0 Å². The Balaban J connectivity index is 1.41. The number of carbonyl (C=O) groups is 1. The van der Waals surface area contributed by atoms with E-state index in [0.29, 0.717) is 23.9 Å². The van der Waals surface area contributed by atoms with Gasteiger partial charge in [0.1, 0.15) is 6.04 Å². The molecule has 0 aromatic heterocycles. The summed E-state index contributed by atoms with van der Waals surface area (Å²) in [4.78, 5) is 17.5. The largest absolute Gasteiger partial charge is 0.338 e. The van der Waals surface area contributed by atoms with Crippen molar-refractivity contribution in [3.8, 4) is 0 Å². The minimum atomic E-state index is -3.79. The molecule has 6 nitrogen and oxygen atoms in total. The van der Waals surface area contributed by atoms with Crippen molar-refractivity contribution in [1.82, 2.24) is 14.5 Å². The Hall–Kier alpha value is -1.67. The Morgan fingerprint density at radius 1 is 1.03 bits per heavy atom. The molecular formula is C23H30ClN3O3S. The van der Waals surface area contributed by atoms with Gasteiger partial charge in [0.05, 0.1) is 4.90 Å². The number of hydrogen-bond donors (Lipinski definition) is 1. The Bertz CT molecular complexity index is 1060. The molecule has 1 amide bonds. The van der Waals surface area contributed by atoms with Gasteiger partial charge in [0.15, 0.2) is 0 Å². The van der Waals surface area contributed by atoms with Gasteiger partial charge in [0.2, 0.25) is 15.9 Å². The van der Waals surface area contributed by atoms with Gasteiger partial charge in [-0.25, -0.2) is 8.42 Å². The van der Waals surface area contributed by atoms with E-state index in [9.17, 15) is 13.2 Å². The van der Waals surface area contributed by atoms with Crippen LogP contribution in [-0.2, 0) is 14.8 Å². The molecule has 2 fully saturated rings. The van der Waals surface area contributed by atoms with Gasteiger partial charge in [0, 0.05) is 37.2 Å². The summed E-state index contributed by atoms with van der Waals surface area (Å²) in [6, 6.07) is 9.76. The Kier molecular flexibility index (Phi) is 6.58. The molecule has 2 aliphatic rings. The van der Waals surface area contributed by atoms with Crippen molar-refractivity contribution in [1.29, 1.82) is 0 Å². The molecule has 168 valence electrons. The third-order valence-corrected chi connectivity index (χ3v) is 7.95. The molecule has 8 heteroatoms. The molecule has 2 heterocycles. The Morgan fingerprint density at radius 3 is 2.42 bits per heavy atom. The zero-order valence-electron chi connectivity index (χ0n) is 18.1. The molecule has 1 atom stereocenters. The van der Waals surface area contributed by atoms with E-state index in [1.54, 1.807) is 36.4 Å². The van der Waals surface area contributed by atoms with Gasteiger partial charge in [-0.1, -0.05) is 37.6 Å². The van der Waals surface area contributed by atoms with Gasteiger partial charge in [-0.2, -0.15) is 4.72 Å². The third-order valence-electron chi connectivity index (χ3n) is 6.24. The zero-order valence-corrected chi connectivity index (χ0v) is 19.6. The Labute approximate surface area is 189 Å². The van der Waals surface area contributed by atoms with Gasteiger partial charge in [-0.15, -0.1) is 0 Å². The van der Waals surface area contributed by atoms with Crippen molar-refractivity contribution >= 4 is 38.3 Å². The summed E-state index contributed by atoms with van der Waals surface area (Å²) >= 11 is 6.01. The van der Waals surface area contributed by atoms with E-state index in [1.807, 2.05) is 4.90 Å². The maximum absolute atomic E-state index is 13.0. The number of hydrogen-bond acceptors (Lipinski definition) is 4. The molecule has 0 unspecified atom stereocenters. The number of nitrogens with zero attached hydrogens (tertiary/aromatic N) is 2. The minimum absolute atomic E-state index is 0.0987. The summed E-state index contributed by atoms with van der Waals surface area (Å²) in [6.07, 6.45) is 2.41.